The molecule has 0 saturated heterocycles. The number of aromatic nitrogens is 1. The van der Waals surface area contributed by atoms with Crippen molar-refractivity contribution in [3.63, 3.8) is 0 Å². The maximum Gasteiger partial charge on any atom is 0.416 e. The van der Waals surface area contributed by atoms with Gasteiger partial charge in [0, 0.05) is 29.0 Å². The lowest BCUT2D eigenvalue weighted by Crippen LogP contribution is -2.08. The number of anilines is 1. The summed E-state index contributed by atoms with van der Waals surface area (Å²) < 4.78 is 39.3. The molecule has 3 nitrogen and oxygen atoms in total. The van der Waals surface area contributed by atoms with Gasteiger partial charge < -0.3 is 11.1 Å². The minimum absolute atomic E-state index is 0.0780. The molecule has 3 N–H and O–H groups in total. The number of rotatable bonds is 2. The number of halogens is 3. The number of benzene rings is 2. The highest BCUT2D eigenvalue weighted by molar-refractivity contribution is 6.02. The van der Waals surface area contributed by atoms with Crippen molar-refractivity contribution in [3.05, 3.63) is 59.8 Å². The Bertz CT molecular complexity index is 896. The van der Waals surface area contributed by atoms with E-state index in [9.17, 15) is 13.2 Å². The minimum atomic E-state index is -4.51. The average Bonchev–Trinajstić information content (AvgIpc) is 2.52. The van der Waals surface area contributed by atoms with E-state index in [-0.39, 0.29) is 16.8 Å². The first kappa shape index (κ1) is 15.0. The van der Waals surface area contributed by atoms with Crippen LogP contribution >= 0.6 is 0 Å². The lowest BCUT2D eigenvalue weighted by Gasteiger charge is -2.15. The smallest absolute Gasteiger partial charge is 0.398 e. The Labute approximate surface area is 130 Å². The third kappa shape index (κ3) is 2.63. The molecule has 3 rings (SSSR count). The standard InChI is InChI=1S/C17H12F3N3/c18-17(19,20)10-7-13(14(9-21)15(22)8-10)11-5-6-23-16-4-2-1-3-12(11)16/h1-9,21H,22H2. The Morgan fingerprint density at radius 2 is 1.78 bits per heavy atom. The topological polar surface area (TPSA) is 62.8 Å². The number of fused-ring (bicyclic) bond motifs is 1. The van der Waals surface area contributed by atoms with Crippen molar-refractivity contribution >= 4 is 22.8 Å². The Morgan fingerprint density at radius 1 is 1.04 bits per heavy atom. The third-order valence-corrected chi connectivity index (χ3v) is 3.62. The number of nitrogen functional groups attached to an aromatic ring is 1. The summed E-state index contributed by atoms with van der Waals surface area (Å²) in [6.45, 7) is 0. The highest BCUT2D eigenvalue weighted by Crippen LogP contribution is 2.38. The van der Waals surface area contributed by atoms with Crippen LogP contribution in [0.15, 0.2) is 48.7 Å². The van der Waals surface area contributed by atoms with E-state index in [1.54, 1.807) is 30.3 Å². The number of nitrogens with two attached hydrogens (primary N) is 1. The lowest BCUT2D eigenvalue weighted by molar-refractivity contribution is -0.137. The van der Waals surface area contributed by atoms with Gasteiger partial charge in [-0.2, -0.15) is 13.2 Å². The Kier molecular flexibility index (Phi) is 3.52. The molecule has 0 fully saturated rings. The summed E-state index contributed by atoms with van der Waals surface area (Å²) in [6.07, 6.45) is -2.01. The van der Waals surface area contributed by atoms with Crippen molar-refractivity contribution in [1.82, 2.24) is 4.98 Å². The van der Waals surface area contributed by atoms with Gasteiger partial charge >= 0.3 is 6.18 Å². The van der Waals surface area contributed by atoms with E-state index in [1.807, 2.05) is 0 Å². The fourth-order valence-electron chi connectivity index (χ4n) is 2.55. The van der Waals surface area contributed by atoms with Gasteiger partial charge in [0.05, 0.1) is 11.1 Å². The second kappa shape index (κ2) is 5.39. The first-order chi connectivity index (χ1) is 10.9. The van der Waals surface area contributed by atoms with Crippen LogP contribution in [-0.2, 0) is 6.18 Å². The molecule has 0 spiro atoms. The molecule has 0 radical (unpaired) electrons. The summed E-state index contributed by atoms with van der Waals surface area (Å²) in [5.41, 5.74) is 6.58. The molecule has 0 atom stereocenters. The summed E-state index contributed by atoms with van der Waals surface area (Å²) in [5.74, 6) is 0. The van der Waals surface area contributed by atoms with Gasteiger partial charge in [0.2, 0.25) is 0 Å². The number of hydrogen-bond donors (Lipinski definition) is 2. The average molecular weight is 315 g/mol. The molecule has 0 aliphatic heterocycles. The summed E-state index contributed by atoms with van der Waals surface area (Å²) in [7, 11) is 0. The maximum atomic E-state index is 13.1. The SMILES string of the molecule is N=Cc1c(N)cc(C(F)(F)F)cc1-c1ccnc2ccccc12. The normalized spacial score (nSPS) is 11.6. The molecule has 3 aromatic rings. The number of pyridine rings is 1. The van der Waals surface area contributed by atoms with Crippen LogP contribution in [0.5, 0.6) is 0 Å². The zero-order valence-corrected chi connectivity index (χ0v) is 11.9. The van der Waals surface area contributed by atoms with Crippen LogP contribution in [0.2, 0.25) is 0 Å². The molecule has 0 aliphatic rings. The van der Waals surface area contributed by atoms with Crippen molar-refractivity contribution in [1.29, 1.82) is 5.41 Å². The van der Waals surface area contributed by atoms with Gasteiger partial charge in [-0.3, -0.25) is 4.98 Å². The van der Waals surface area contributed by atoms with Gasteiger partial charge in [0.1, 0.15) is 0 Å². The van der Waals surface area contributed by atoms with Gasteiger partial charge in [-0.05, 0) is 35.4 Å². The van der Waals surface area contributed by atoms with Crippen LogP contribution in [0.1, 0.15) is 11.1 Å². The molecule has 0 saturated carbocycles. The predicted octanol–water partition coefficient (Wildman–Crippen LogP) is 4.50. The summed E-state index contributed by atoms with van der Waals surface area (Å²) in [6, 6.07) is 10.7. The molecule has 1 heterocycles. The predicted molar refractivity (Wildman–Crippen MR) is 84.5 cm³/mol. The fourth-order valence-corrected chi connectivity index (χ4v) is 2.55. The van der Waals surface area contributed by atoms with Crippen molar-refractivity contribution in [2.75, 3.05) is 5.73 Å². The molecule has 6 heteroatoms. The molecular formula is C17H12F3N3. The van der Waals surface area contributed by atoms with Crippen molar-refractivity contribution in [2.45, 2.75) is 6.18 Å². The van der Waals surface area contributed by atoms with Crippen molar-refractivity contribution < 1.29 is 13.2 Å². The summed E-state index contributed by atoms with van der Waals surface area (Å²) in [5, 5.41) is 8.21. The largest absolute Gasteiger partial charge is 0.416 e. The third-order valence-electron chi connectivity index (χ3n) is 3.62. The van der Waals surface area contributed by atoms with Crippen LogP contribution in [0.25, 0.3) is 22.0 Å². The molecule has 2 aromatic carbocycles. The molecule has 1 aromatic heterocycles. The Balaban J connectivity index is 2.37. The second-order valence-electron chi connectivity index (χ2n) is 5.04. The van der Waals surface area contributed by atoms with Crippen LogP contribution in [0, 0.1) is 5.41 Å². The van der Waals surface area contributed by atoms with Crippen LogP contribution < -0.4 is 5.73 Å². The van der Waals surface area contributed by atoms with Crippen LogP contribution in [0.3, 0.4) is 0 Å². The van der Waals surface area contributed by atoms with Crippen LogP contribution in [-0.4, -0.2) is 11.2 Å². The number of nitrogens with zero attached hydrogens (tertiary/aromatic N) is 1. The highest BCUT2D eigenvalue weighted by Gasteiger charge is 2.32. The molecule has 0 amide bonds. The van der Waals surface area contributed by atoms with E-state index >= 15 is 0 Å². The van der Waals surface area contributed by atoms with E-state index in [4.69, 9.17) is 11.1 Å². The van der Waals surface area contributed by atoms with Gasteiger partial charge in [-0.15, -0.1) is 0 Å². The second-order valence-corrected chi connectivity index (χ2v) is 5.04. The summed E-state index contributed by atoms with van der Waals surface area (Å²) >= 11 is 0. The Hall–Kier alpha value is -2.89. The van der Waals surface area contributed by atoms with Crippen molar-refractivity contribution in [2.24, 2.45) is 0 Å². The van der Waals surface area contributed by atoms with E-state index < -0.39 is 11.7 Å². The van der Waals surface area contributed by atoms with Crippen molar-refractivity contribution in [3.8, 4) is 11.1 Å². The minimum Gasteiger partial charge on any atom is -0.398 e. The zero-order valence-electron chi connectivity index (χ0n) is 11.9. The quantitative estimate of drug-likeness (QED) is 0.540. The molecule has 0 unspecified atom stereocenters. The van der Waals surface area contributed by atoms with E-state index in [0.29, 0.717) is 16.5 Å². The first-order valence-electron chi connectivity index (χ1n) is 6.77. The van der Waals surface area contributed by atoms with Gasteiger partial charge in [0.15, 0.2) is 0 Å². The molecule has 23 heavy (non-hydrogen) atoms. The highest BCUT2D eigenvalue weighted by atomic mass is 19.4. The lowest BCUT2D eigenvalue weighted by atomic mass is 9.94. The van der Waals surface area contributed by atoms with E-state index in [0.717, 1.165) is 18.3 Å². The molecule has 116 valence electrons. The van der Waals surface area contributed by atoms with Gasteiger partial charge in [-0.1, -0.05) is 18.2 Å². The fraction of sp³-hybridized carbons (Fsp3) is 0.0588. The van der Waals surface area contributed by atoms with Crippen LogP contribution in [0.4, 0.5) is 18.9 Å². The zero-order chi connectivity index (χ0) is 16.6. The summed E-state index contributed by atoms with van der Waals surface area (Å²) in [4.78, 5) is 4.21. The number of para-hydroxylation sites is 1. The maximum absolute atomic E-state index is 13.1. The van der Waals surface area contributed by atoms with Gasteiger partial charge in [0.25, 0.3) is 0 Å². The molecule has 0 aliphatic carbocycles. The molecule has 0 bridgehead atoms. The first-order valence-corrected chi connectivity index (χ1v) is 6.77. The molecular weight excluding hydrogens is 303 g/mol. The van der Waals surface area contributed by atoms with Gasteiger partial charge in [-0.25, -0.2) is 0 Å². The number of nitrogens with one attached hydrogen (secondary N) is 1. The van der Waals surface area contributed by atoms with E-state index in [2.05, 4.69) is 4.98 Å². The monoisotopic (exact) mass is 315 g/mol. The van der Waals surface area contributed by atoms with E-state index in [1.165, 1.54) is 6.20 Å². The number of alkyl halides is 3. The number of hydrogen-bond acceptors (Lipinski definition) is 3. The Morgan fingerprint density at radius 3 is 2.48 bits per heavy atom.